The van der Waals surface area contributed by atoms with Gasteiger partial charge in [-0.1, -0.05) is 37.3 Å². The average molecular weight is 303 g/mol. The third kappa shape index (κ3) is 4.58. The zero-order chi connectivity index (χ0) is 15.9. The maximum Gasteiger partial charge on any atom is 0.305 e. The molecule has 1 heterocycles. The molecule has 0 aromatic heterocycles. The lowest BCUT2D eigenvalue weighted by molar-refractivity contribution is -0.141. The van der Waals surface area contributed by atoms with Crippen molar-refractivity contribution in [3.63, 3.8) is 0 Å². The molecule has 1 saturated heterocycles. The molecule has 1 N–H and O–H groups in total. The summed E-state index contributed by atoms with van der Waals surface area (Å²) < 4.78 is 0. The molecule has 2 rings (SSSR count). The van der Waals surface area contributed by atoms with Crippen LogP contribution in [-0.2, 0) is 16.0 Å². The summed E-state index contributed by atoms with van der Waals surface area (Å²) in [6.07, 6.45) is 4.62. The van der Waals surface area contributed by atoms with Crippen LogP contribution in [0.3, 0.4) is 0 Å². The van der Waals surface area contributed by atoms with Gasteiger partial charge in [-0.05, 0) is 37.7 Å². The second-order valence-electron chi connectivity index (χ2n) is 6.20. The molecule has 0 bridgehead atoms. The minimum absolute atomic E-state index is 0.0295. The van der Waals surface area contributed by atoms with Crippen molar-refractivity contribution >= 4 is 11.9 Å². The molecule has 1 aromatic rings. The largest absolute Gasteiger partial charge is 0.481 e. The molecular formula is C18H25NO3. The SMILES string of the molecule is CC(CCCc1ccccc1)C(=O)N1CCCC1CC(=O)O. The summed E-state index contributed by atoms with van der Waals surface area (Å²) in [6.45, 7) is 2.67. The quantitative estimate of drug-likeness (QED) is 0.842. The molecule has 4 nitrogen and oxygen atoms in total. The molecule has 1 aliphatic heterocycles. The summed E-state index contributed by atoms with van der Waals surface area (Å²) in [4.78, 5) is 25.2. The van der Waals surface area contributed by atoms with E-state index in [9.17, 15) is 9.59 Å². The number of hydrogen-bond acceptors (Lipinski definition) is 2. The van der Waals surface area contributed by atoms with Crippen molar-refractivity contribution in [2.75, 3.05) is 6.54 Å². The maximum absolute atomic E-state index is 12.5. The smallest absolute Gasteiger partial charge is 0.305 e. The number of carboxylic acids is 1. The number of rotatable bonds is 7. The van der Waals surface area contributed by atoms with Gasteiger partial charge in [0, 0.05) is 18.5 Å². The Balaban J connectivity index is 1.80. The van der Waals surface area contributed by atoms with Gasteiger partial charge in [0.25, 0.3) is 0 Å². The molecule has 120 valence electrons. The Labute approximate surface area is 132 Å². The summed E-state index contributed by atoms with van der Waals surface area (Å²) >= 11 is 0. The fourth-order valence-electron chi connectivity index (χ4n) is 3.20. The fraction of sp³-hybridized carbons (Fsp3) is 0.556. The molecule has 0 aliphatic carbocycles. The first kappa shape index (κ1) is 16.5. The van der Waals surface area contributed by atoms with Crippen molar-refractivity contribution in [1.29, 1.82) is 0 Å². The molecule has 1 fully saturated rings. The van der Waals surface area contributed by atoms with Crippen LogP contribution in [0.2, 0.25) is 0 Å². The fourth-order valence-corrected chi connectivity index (χ4v) is 3.20. The highest BCUT2D eigenvalue weighted by molar-refractivity contribution is 5.80. The average Bonchev–Trinajstić information content (AvgIpc) is 2.94. The van der Waals surface area contributed by atoms with Gasteiger partial charge in [0.1, 0.15) is 0 Å². The predicted molar refractivity (Wildman–Crippen MR) is 85.5 cm³/mol. The number of hydrogen-bond donors (Lipinski definition) is 1. The van der Waals surface area contributed by atoms with Crippen LogP contribution in [-0.4, -0.2) is 34.5 Å². The normalized spacial score (nSPS) is 19.1. The van der Waals surface area contributed by atoms with Crippen molar-refractivity contribution in [1.82, 2.24) is 4.90 Å². The lowest BCUT2D eigenvalue weighted by atomic mass is 9.99. The van der Waals surface area contributed by atoms with E-state index in [1.165, 1.54) is 5.56 Å². The highest BCUT2D eigenvalue weighted by atomic mass is 16.4. The standard InChI is InChI=1S/C18H25NO3/c1-14(7-5-10-15-8-3-2-4-9-15)18(22)19-12-6-11-16(19)13-17(20)21/h2-4,8-9,14,16H,5-7,10-13H2,1H3,(H,20,21). The van der Waals surface area contributed by atoms with Gasteiger partial charge in [-0.25, -0.2) is 0 Å². The molecule has 1 aliphatic rings. The number of benzene rings is 1. The second-order valence-corrected chi connectivity index (χ2v) is 6.20. The van der Waals surface area contributed by atoms with Gasteiger partial charge >= 0.3 is 5.97 Å². The highest BCUT2D eigenvalue weighted by Crippen LogP contribution is 2.24. The van der Waals surface area contributed by atoms with E-state index in [4.69, 9.17) is 5.11 Å². The molecule has 1 amide bonds. The van der Waals surface area contributed by atoms with E-state index in [0.717, 1.165) is 32.1 Å². The third-order valence-electron chi connectivity index (χ3n) is 4.44. The van der Waals surface area contributed by atoms with E-state index >= 15 is 0 Å². The van der Waals surface area contributed by atoms with Crippen molar-refractivity contribution in [3.05, 3.63) is 35.9 Å². The Bertz CT molecular complexity index is 500. The Morgan fingerprint density at radius 3 is 2.73 bits per heavy atom. The van der Waals surface area contributed by atoms with Crippen LogP contribution < -0.4 is 0 Å². The van der Waals surface area contributed by atoms with Crippen LogP contribution >= 0.6 is 0 Å². The number of likely N-dealkylation sites (tertiary alicyclic amines) is 1. The molecule has 0 spiro atoms. The number of carboxylic acid groups (broad SMARTS) is 1. The van der Waals surface area contributed by atoms with Gasteiger partial charge in [-0.15, -0.1) is 0 Å². The van der Waals surface area contributed by atoms with E-state index < -0.39 is 5.97 Å². The Hall–Kier alpha value is -1.84. The first-order valence-electron chi connectivity index (χ1n) is 8.14. The van der Waals surface area contributed by atoms with Crippen molar-refractivity contribution < 1.29 is 14.7 Å². The van der Waals surface area contributed by atoms with E-state index in [1.54, 1.807) is 4.90 Å². The van der Waals surface area contributed by atoms with E-state index in [1.807, 2.05) is 25.1 Å². The number of aliphatic carboxylic acids is 1. The van der Waals surface area contributed by atoms with E-state index in [0.29, 0.717) is 6.54 Å². The Kier molecular flexibility index (Phi) is 5.99. The zero-order valence-electron chi connectivity index (χ0n) is 13.2. The van der Waals surface area contributed by atoms with E-state index in [2.05, 4.69) is 12.1 Å². The second kappa shape index (κ2) is 7.97. The Morgan fingerprint density at radius 2 is 2.05 bits per heavy atom. The summed E-state index contributed by atoms with van der Waals surface area (Å²) in [6, 6.07) is 10.2. The lowest BCUT2D eigenvalue weighted by Gasteiger charge is -2.26. The first-order valence-corrected chi connectivity index (χ1v) is 8.14. The van der Waals surface area contributed by atoms with Crippen LogP contribution in [0, 0.1) is 5.92 Å². The maximum atomic E-state index is 12.5. The molecule has 1 aromatic carbocycles. The van der Waals surface area contributed by atoms with Gasteiger partial charge in [-0.2, -0.15) is 0 Å². The van der Waals surface area contributed by atoms with E-state index in [-0.39, 0.29) is 24.3 Å². The van der Waals surface area contributed by atoms with Crippen LogP contribution in [0.5, 0.6) is 0 Å². The zero-order valence-corrected chi connectivity index (χ0v) is 13.2. The Morgan fingerprint density at radius 1 is 1.32 bits per heavy atom. The summed E-state index contributed by atoms with van der Waals surface area (Å²) in [5.41, 5.74) is 1.30. The number of carbonyl (C=O) groups excluding carboxylic acids is 1. The monoisotopic (exact) mass is 303 g/mol. The molecule has 22 heavy (non-hydrogen) atoms. The van der Waals surface area contributed by atoms with Crippen molar-refractivity contribution in [2.45, 2.75) is 51.5 Å². The van der Waals surface area contributed by atoms with Crippen LogP contribution in [0.15, 0.2) is 30.3 Å². The van der Waals surface area contributed by atoms with Gasteiger partial charge < -0.3 is 10.0 Å². The minimum Gasteiger partial charge on any atom is -0.481 e. The molecule has 0 radical (unpaired) electrons. The van der Waals surface area contributed by atoms with Crippen LogP contribution in [0.1, 0.15) is 44.6 Å². The molecular weight excluding hydrogens is 278 g/mol. The number of nitrogens with zero attached hydrogens (tertiary/aromatic N) is 1. The third-order valence-corrected chi connectivity index (χ3v) is 4.44. The van der Waals surface area contributed by atoms with Gasteiger partial charge in [-0.3, -0.25) is 9.59 Å². The van der Waals surface area contributed by atoms with Crippen LogP contribution in [0.4, 0.5) is 0 Å². The van der Waals surface area contributed by atoms with Crippen LogP contribution in [0.25, 0.3) is 0 Å². The van der Waals surface area contributed by atoms with Gasteiger partial charge in [0.05, 0.1) is 6.42 Å². The lowest BCUT2D eigenvalue weighted by Crippen LogP contribution is -2.40. The van der Waals surface area contributed by atoms with Crippen molar-refractivity contribution in [2.24, 2.45) is 5.92 Å². The molecule has 0 saturated carbocycles. The highest BCUT2D eigenvalue weighted by Gasteiger charge is 2.32. The topological polar surface area (TPSA) is 57.6 Å². The number of carbonyl (C=O) groups is 2. The number of amides is 1. The molecule has 4 heteroatoms. The van der Waals surface area contributed by atoms with Gasteiger partial charge in [0.15, 0.2) is 0 Å². The molecule has 2 atom stereocenters. The van der Waals surface area contributed by atoms with Crippen molar-refractivity contribution in [3.8, 4) is 0 Å². The molecule has 2 unspecified atom stereocenters. The summed E-state index contributed by atoms with van der Waals surface area (Å²) in [5.74, 6) is -0.726. The minimum atomic E-state index is -0.818. The van der Waals surface area contributed by atoms with Gasteiger partial charge in [0.2, 0.25) is 5.91 Å². The summed E-state index contributed by atoms with van der Waals surface area (Å²) in [7, 11) is 0. The first-order chi connectivity index (χ1) is 10.6. The predicted octanol–water partition coefficient (Wildman–Crippen LogP) is 3.11. The number of aryl methyl sites for hydroxylation is 1. The summed E-state index contributed by atoms with van der Waals surface area (Å²) in [5, 5.41) is 8.94.